The van der Waals surface area contributed by atoms with Crippen LogP contribution in [0.3, 0.4) is 0 Å². The fourth-order valence-electron chi connectivity index (χ4n) is 2.66. The fourth-order valence-corrected chi connectivity index (χ4v) is 2.66. The van der Waals surface area contributed by atoms with E-state index in [9.17, 15) is 4.79 Å². The van der Waals surface area contributed by atoms with Gasteiger partial charge in [-0.25, -0.2) is 9.78 Å². The van der Waals surface area contributed by atoms with E-state index in [-0.39, 0.29) is 11.3 Å². The lowest BCUT2D eigenvalue weighted by molar-refractivity contribution is 0.0698. The number of anilines is 2. The van der Waals surface area contributed by atoms with E-state index in [1.165, 1.54) is 37.9 Å². The minimum Gasteiger partial charge on any atom is -0.478 e. The van der Waals surface area contributed by atoms with Crippen molar-refractivity contribution in [2.45, 2.75) is 45.1 Å². The van der Waals surface area contributed by atoms with Gasteiger partial charge in [-0.2, -0.15) is 0 Å². The number of carboxylic acid groups (broad SMARTS) is 1. The number of aromatic nitrogens is 1. The third kappa shape index (κ3) is 3.16. The van der Waals surface area contributed by atoms with Gasteiger partial charge in [0.25, 0.3) is 0 Å². The van der Waals surface area contributed by atoms with Gasteiger partial charge >= 0.3 is 5.97 Å². The molecule has 4 N–H and O–H groups in total. The number of hydrogen-bond acceptors (Lipinski definition) is 4. The van der Waals surface area contributed by atoms with Crippen LogP contribution in [-0.2, 0) is 0 Å². The maximum Gasteiger partial charge on any atom is 0.337 e. The third-order valence-corrected chi connectivity index (χ3v) is 3.90. The molecule has 0 amide bonds. The number of pyridine rings is 1. The largest absolute Gasteiger partial charge is 0.478 e. The first-order valence-electron chi connectivity index (χ1n) is 6.84. The van der Waals surface area contributed by atoms with Gasteiger partial charge < -0.3 is 16.2 Å². The number of nitrogens with zero attached hydrogens (tertiary/aromatic N) is 1. The number of rotatable bonds is 3. The summed E-state index contributed by atoms with van der Waals surface area (Å²) in [6.07, 6.45) is 7.48. The molecule has 2 rings (SSSR count). The Bertz CT molecular complexity index is 462. The third-order valence-electron chi connectivity index (χ3n) is 3.90. The first-order valence-corrected chi connectivity index (χ1v) is 6.84. The van der Waals surface area contributed by atoms with Crippen LogP contribution < -0.4 is 11.1 Å². The predicted molar refractivity (Wildman–Crippen MR) is 75.3 cm³/mol. The fraction of sp³-hybridized carbons (Fsp3) is 0.571. The molecule has 0 saturated heterocycles. The van der Waals surface area contributed by atoms with Crippen molar-refractivity contribution >= 4 is 17.5 Å². The molecule has 104 valence electrons. The SMILES string of the molecule is CC1CCCCCC1Nc1nccc(C(=O)O)c1N. The van der Waals surface area contributed by atoms with E-state index in [1.807, 2.05) is 0 Å². The summed E-state index contributed by atoms with van der Waals surface area (Å²) >= 11 is 0. The topological polar surface area (TPSA) is 88.2 Å². The Kier molecular flexibility index (Phi) is 4.24. The molecule has 2 unspecified atom stereocenters. The first-order chi connectivity index (χ1) is 9.09. The van der Waals surface area contributed by atoms with Gasteiger partial charge in [-0.1, -0.05) is 26.2 Å². The number of hydrogen-bond donors (Lipinski definition) is 3. The highest BCUT2D eigenvalue weighted by molar-refractivity contribution is 5.96. The molecule has 1 heterocycles. The molecule has 5 heteroatoms. The summed E-state index contributed by atoms with van der Waals surface area (Å²) in [7, 11) is 0. The lowest BCUT2D eigenvalue weighted by Gasteiger charge is -2.24. The van der Waals surface area contributed by atoms with Gasteiger partial charge in [0.05, 0.1) is 11.3 Å². The summed E-state index contributed by atoms with van der Waals surface area (Å²) in [5, 5.41) is 12.4. The van der Waals surface area contributed by atoms with Crippen LogP contribution in [0.1, 0.15) is 49.4 Å². The molecule has 0 bridgehead atoms. The number of nitrogens with two attached hydrogens (primary N) is 1. The Labute approximate surface area is 113 Å². The Balaban J connectivity index is 2.18. The van der Waals surface area contributed by atoms with E-state index in [1.54, 1.807) is 0 Å². The Morgan fingerprint density at radius 2 is 2.16 bits per heavy atom. The summed E-state index contributed by atoms with van der Waals surface area (Å²) in [6, 6.07) is 1.75. The molecule has 19 heavy (non-hydrogen) atoms. The van der Waals surface area contributed by atoms with Crippen molar-refractivity contribution in [3.05, 3.63) is 17.8 Å². The normalized spacial score (nSPS) is 23.6. The predicted octanol–water partition coefficient (Wildman–Crippen LogP) is 2.74. The Hall–Kier alpha value is -1.78. The molecule has 0 radical (unpaired) electrons. The van der Waals surface area contributed by atoms with Gasteiger partial charge in [-0.3, -0.25) is 0 Å². The molecule has 1 aliphatic carbocycles. The lowest BCUT2D eigenvalue weighted by atomic mass is 9.97. The van der Waals surface area contributed by atoms with Crippen molar-refractivity contribution in [2.75, 3.05) is 11.1 Å². The van der Waals surface area contributed by atoms with E-state index < -0.39 is 5.97 Å². The molecule has 1 aromatic heterocycles. The van der Waals surface area contributed by atoms with Gasteiger partial charge in [0.2, 0.25) is 0 Å². The van der Waals surface area contributed by atoms with Crippen molar-refractivity contribution in [1.82, 2.24) is 4.98 Å². The van der Waals surface area contributed by atoms with E-state index in [0.29, 0.717) is 17.8 Å². The van der Waals surface area contributed by atoms with Crippen LogP contribution in [0.15, 0.2) is 12.3 Å². The van der Waals surface area contributed by atoms with Crippen LogP contribution in [0.4, 0.5) is 11.5 Å². The number of nitrogens with one attached hydrogen (secondary N) is 1. The van der Waals surface area contributed by atoms with Crippen molar-refractivity contribution in [3.8, 4) is 0 Å². The zero-order chi connectivity index (χ0) is 13.8. The second-order valence-corrected chi connectivity index (χ2v) is 5.29. The maximum atomic E-state index is 11.0. The number of aromatic carboxylic acids is 1. The Morgan fingerprint density at radius 3 is 2.89 bits per heavy atom. The van der Waals surface area contributed by atoms with Crippen molar-refractivity contribution in [1.29, 1.82) is 0 Å². The average Bonchev–Trinajstić information content (AvgIpc) is 2.57. The number of carbonyl (C=O) groups is 1. The van der Waals surface area contributed by atoms with Crippen LogP contribution in [0.2, 0.25) is 0 Å². The van der Waals surface area contributed by atoms with Crippen LogP contribution in [0.5, 0.6) is 0 Å². The summed E-state index contributed by atoms with van der Waals surface area (Å²) in [6.45, 7) is 2.22. The molecule has 5 nitrogen and oxygen atoms in total. The van der Waals surface area contributed by atoms with Crippen molar-refractivity contribution in [2.24, 2.45) is 5.92 Å². The van der Waals surface area contributed by atoms with Crippen molar-refractivity contribution in [3.63, 3.8) is 0 Å². The van der Waals surface area contributed by atoms with Gasteiger partial charge in [0, 0.05) is 12.2 Å². The molecular weight excluding hydrogens is 242 g/mol. The highest BCUT2D eigenvalue weighted by Crippen LogP contribution is 2.28. The van der Waals surface area contributed by atoms with Gasteiger partial charge in [-0.05, 0) is 24.8 Å². The average molecular weight is 263 g/mol. The summed E-state index contributed by atoms with van der Waals surface area (Å²) in [5.41, 5.74) is 6.22. The van der Waals surface area contributed by atoms with Crippen molar-refractivity contribution < 1.29 is 9.90 Å². The molecule has 1 aliphatic rings. The van der Waals surface area contributed by atoms with E-state index >= 15 is 0 Å². The minimum atomic E-state index is -1.02. The van der Waals surface area contributed by atoms with E-state index in [0.717, 1.165) is 6.42 Å². The molecule has 1 fully saturated rings. The summed E-state index contributed by atoms with van der Waals surface area (Å²) in [4.78, 5) is 15.2. The standard InChI is InChI=1S/C14H21N3O2/c1-9-5-3-2-4-6-11(9)17-13-12(15)10(14(18)19)7-8-16-13/h7-9,11H,2-6,15H2,1H3,(H,16,17)(H,18,19). The number of carboxylic acids is 1. The highest BCUT2D eigenvalue weighted by Gasteiger charge is 2.22. The Morgan fingerprint density at radius 1 is 1.42 bits per heavy atom. The zero-order valence-corrected chi connectivity index (χ0v) is 11.2. The first kappa shape index (κ1) is 13.6. The number of nitrogen functional groups attached to an aromatic ring is 1. The maximum absolute atomic E-state index is 11.0. The van der Waals surface area contributed by atoms with Gasteiger partial charge in [-0.15, -0.1) is 0 Å². The lowest BCUT2D eigenvalue weighted by Crippen LogP contribution is -2.27. The molecule has 1 saturated carbocycles. The molecule has 1 aromatic rings. The van der Waals surface area contributed by atoms with Crippen LogP contribution in [-0.4, -0.2) is 22.1 Å². The van der Waals surface area contributed by atoms with E-state index in [4.69, 9.17) is 10.8 Å². The summed E-state index contributed by atoms with van der Waals surface area (Å²) < 4.78 is 0. The quantitative estimate of drug-likeness (QED) is 0.730. The second kappa shape index (κ2) is 5.91. The van der Waals surface area contributed by atoms with Crippen LogP contribution in [0.25, 0.3) is 0 Å². The second-order valence-electron chi connectivity index (χ2n) is 5.29. The zero-order valence-electron chi connectivity index (χ0n) is 11.2. The molecule has 0 aliphatic heterocycles. The van der Waals surface area contributed by atoms with Gasteiger partial charge in [0.1, 0.15) is 5.82 Å². The molecule has 2 atom stereocenters. The van der Waals surface area contributed by atoms with Gasteiger partial charge in [0.15, 0.2) is 0 Å². The van der Waals surface area contributed by atoms with E-state index in [2.05, 4.69) is 17.2 Å². The minimum absolute atomic E-state index is 0.110. The van der Waals surface area contributed by atoms with Crippen LogP contribution in [0, 0.1) is 5.92 Å². The van der Waals surface area contributed by atoms with Crippen LogP contribution >= 0.6 is 0 Å². The highest BCUT2D eigenvalue weighted by atomic mass is 16.4. The molecular formula is C14H21N3O2. The summed E-state index contributed by atoms with van der Waals surface area (Å²) in [5.74, 6) is 0.0349. The monoisotopic (exact) mass is 263 g/mol. The molecule has 0 aromatic carbocycles. The smallest absolute Gasteiger partial charge is 0.337 e. The molecule has 0 spiro atoms.